The maximum absolute atomic E-state index is 13.4. The second kappa shape index (κ2) is 11.2. The molecule has 1 heterocycles. The summed E-state index contributed by atoms with van der Waals surface area (Å²) in [5.74, 6) is -1.07. The fraction of sp³-hybridized carbons (Fsp3) is 0.148. The van der Waals surface area contributed by atoms with Gasteiger partial charge in [0.05, 0.1) is 23.5 Å². The molecule has 0 aliphatic rings. The molecule has 9 heteroatoms. The molecule has 1 atom stereocenters. The molecule has 0 spiro atoms. The smallest absolute Gasteiger partial charge is 0.328 e. The van der Waals surface area contributed by atoms with E-state index in [1.807, 2.05) is 42.5 Å². The van der Waals surface area contributed by atoms with Crippen LogP contribution in [-0.4, -0.2) is 34.8 Å². The van der Waals surface area contributed by atoms with Crippen LogP contribution in [0.4, 0.5) is 0 Å². The third-order valence-electron chi connectivity index (χ3n) is 5.67. The Morgan fingerprint density at radius 2 is 1.64 bits per heavy atom. The first-order valence-electron chi connectivity index (χ1n) is 11.0. The molecule has 0 unspecified atom stereocenters. The van der Waals surface area contributed by atoms with E-state index in [4.69, 9.17) is 39.5 Å². The topological polar surface area (TPSA) is 73.2 Å². The molecule has 0 saturated carbocycles. The average Bonchev–Trinajstić information content (AvgIpc) is 3.21. The predicted molar refractivity (Wildman–Crippen MR) is 142 cm³/mol. The summed E-state index contributed by atoms with van der Waals surface area (Å²) >= 11 is 18.7. The zero-order valence-corrected chi connectivity index (χ0v) is 21.7. The number of benzene rings is 3. The molecule has 0 bridgehead atoms. The van der Waals surface area contributed by atoms with E-state index in [0.717, 1.165) is 11.1 Å². The maximum atomic E-state index is 13.4. The standard InChI is InChI=1S/C27H22Cl3N3O3/c1-16-24(26(34)31-22(27(35)36-2)14-17-6-4-3-5-7-17)32-33(23-13-12-20(29)15-21(23)30)25(16)18-8-10-19(28)11-9-18/h3-13,15,22H,14H2,1-2H3,(H,31,34)/t22-/m0/s1. The molecule has 36 heavy (non-hydrogen) atoms. The first kappa shape index (κ1) is 25.8. The van der Waals surface area contributed by atoms with Crippen LogP contribution in [-0.2, 0) is 16.0 Å². The van der Waals surface area contributed by atoms with Crippen LogP contribution in [0.3, 0.4) is 0 Å². The van der Waals surface area contributed by atoms with Gasteiger partial charge < -0.3 is 10.1 Å². The Morgan fingerprint density at radius 1 is 0.972 bits per heavy atom. The third kappa shape index (κ3) is 5.57. The van der Waals surface area contributed by atoms with Crippen molar-refractivity contribution < 1.29 is 14.3 Å². The Balaban J connectivity index is 1.77. The summed E-state index contributed by atoms with van der Waals surface area (Å²) in [4.78, 5) is 25.9. The summed E-state index contributed by atoms with van der Waals surface area (Å²) in [7, 11) is 1.29. The highest BCUT2D eigenvalue weighted by atomic mass is 35.5. The second-order valence-electron chi connectivity index (χ2n) is 8.08. The molecule has 4 aromatic rings. The minimum atomic E-state index is -0.896. The molecule has 4 rings (SSSR count). The summed E-state index contributed by atoms with van der Waals surface area (Å²) in [6, 6.07) is 20.7. The summed E-state index contributed by atoms with van der Waals surface area (Å²) in [5.41, 5.74) is 3.60. The molecule has 0 aliphatic carbocycles. The molecule has 6 nitrogen and oxygen atoms in total. The summed E-state index contributed by atoms with van der Waals surface area (Å²) in [5, 5.41) is 8.80. The van der Waals surface area contributed by atoms with Crippen LogP contribution in [0, 0.1) is 6.92 Å². The van der Waals surface area contributed by atoms with Crippen molar-refractivity contribution in [3.63, 3.8) is 0 Å². The van der Waals surface area contributed by atoms with E-state index in [-0.39, 0.29) is 12.1 Å². The van der Waals surface area contributed by atoms with E-state index in [1.54, 1.807) is 41.9 Å². The molecular weight excluding hydrogens is 521 g/mol. The fourth-order valence-electron chi connectivity index (χ4n) is 3.90. The van der Waals surface area contributed by atoms with Crippen LogP contribution in [0.2, 0.25) is 15.1 Å². The van der Waals surface area contributed by atoms with E-state index in [9.17, 15) is 9.59 Å². The number of nitrogens with zero attached hydrogens (tertiary/aromatic N) is 2. The first-order valence-corrected chi connectivity index (χ1v) is 12.2. The number of aromatic nitrogens is 2. The number of rotatable bonds is 7. The highest BCUT2D eigenvalue weighted by Gasteiger charge is 2.28. The van der Waals surface area contributed by atoms with Gasteiger partial charge in [-0.15, -0.1) is 0 Å². The van der Waals surface area contributed by atoms with Gasteiger partial charge in [-0.3, -0.25) is 4.79 Å². The molecule has 0 fully saturated rings. The number of carbonyl (C=O) groups excluding carboxylic acids is 2. The van der Waals surface area contributed by atoms with Gasteiger partial charge in [-0.05, 0) is 42.8 Å². The Hall–Kier alpha value is -3.32. The number of amides is 1. The highest BCUT2D eigenvalue weighted by Crippen LogP contribution is 2.33. The Morgan fingerprint density at radius 3 is 2.28 bits per heavy atom. The van der Waals surface area contributed by atoms with Gasteiger partial charge >= 0.3 is 5.97 Å². The van der Waals surface area contributed by atoms with E-state index < -0.39 is 17.9 Å². The number of carbonyl (C=O) groups is 2. The second-order valence-corrected chi connectivity index (χ2v) is 9.36. The van der Waals surface area contributed by atoms with Gasteiger partial charge in [0.25, 0.3) is 5.91 Å². The van der Waals surface area contributed by atoms with Crippen LogP contribution in [0.25, 0.3) is 16.9 Å². The summed E-state index contributed by atoms with van der Waals surface area (Å²) in [6.07, 6.45) is 0.270. The number of methoxy groups -OCH3 is 1. The molecule has 1 aromatic heterocycles. The Kier molecular flexibility index (Phi) is 7.99. The van der Waals surface area contributed by atoms with E-state index in [1.165, 1.54) is 7.11 Å². The monoisotopic (exact) mass is 541 g/mol. The van der Waals surface area contributed by atoms with Crippen molar-refractivity contribution in [2.45, 2.75) is 19.4 Å². The lowest BCUT2D eigenvalue weighted by Gasteiger charge is -2.16. The van der Waals surface area contributed by atoms with E-state index >= 15 is 0 Å². The Bertz CT molecular complexity index is 1400. The number of ether oxygens (including phenoxy) is 1. The van der Waals surface area contributed by atoms with Gasteiger partial charge in [-0.1, -0.05) is 77.3 Å². The number of halogens is 3. The zero-order valence-electron chi connectivity index (χ0n) is 19.5. The molecule has 1 amide bonds. The van der Waals surface area contributed by atoms with Gasteiger partial charge in [0.15, 0.2) is 5.69 Å². The number of hydrogen-bond donors (Lipinski definition) is 1. The number of hydrogen-bond acceptors (Lipinski definition) is 4. The average molecular weight is 543 g/mol. The maximum Gasteiger partial charge on any atom is 0.328 e. The number of nitrogens with one attached hydrogen (secondary N) is 1. The third-order valence-corrected chi connectivity index (χ3v) is 6.46. The predicted octanol–water partition coefficient (Wildman–Crippen LogP) is 6.32. The van der Waals surface area contributed by atoms with Gasteiger partial charge in [0, 0.05) is 27.6 Å². The largest absolute Gasteiger partial charge is 0.467 e. The van der Waals surface area contributed by atoms with Crippen molar-refractivity contribution in [3.05, 3.63) is 105 Å². The lowest BCUT2D eigenvalue weighted by Crippen LogP contribution is -2.43. The van der Waals surface area contributed by atoms with Gasteiger partial charge in [0.1, 0.15) is 6.04 Å². The zero-order chi connectivity index (χ0) is 25.8. The van der Waals surface area contributed by atoms with Crippen LogP contribution >= 0.6 is 34.8 Å². The molecule has 184 valence electrons. The van der Waals surface area contributed by atoms with Crippen molar-refractivity contribution >= 4 is 46.7 Å². The van der Waals surface area contributed by atoms with Gasteiger partial charge in [-0.25, -0.2) is 9.48 Å². The molecule has 0 saturated heterocycles. The first-order chi connectivity index (χ1) is 17.3. The molecule has 3 aromatic carbocycles. The fourth-order valence-corrected chi connectivity index (χ4v) is 4.51. The summed E-state index contributed by atoms with van der Waals surface area (Å²) in [6.45, 7) is 1.79. The van der Waals surface area contributed by atoms with Gasteiger partial charge in [0.2, 0.25) is 0 Å². The minimum Gasteiger partial charge on any atom is -0.467 e. The van der Waals surface area contributed by atoms with Crippen molar-refractivity contribution in [3.8, 4) is 16.9 Å². The van der Waals surface area contributed by atoms with Crippen LogP contribution in [0.5, 0.6) is 0 Å². The van der Waals surface area contributed by atoms with Crippen LogP contribution in [0.1, 0.15) is 21.6 Å². The van der Waals surface area contributed by atoms with Crippen molar-refractivity contribution in [1.82, 2.24) is 15.1 Å². The van der Waals surface area contributed by atoms with Crippen molar-refractivity contribution in [2.75, 3.05) is 7.11 Å². The van der Waals surface area contributed by atoms with Crippen LogP contribution < -0.4 is 5.32 Å². The van der Waals surface area contributed by atoms with E-state index in [2.05, 4.69) is 10.4 Å². The van der Waals surface area contributed by atoms with Crippen molar-refractivity contribution in [1.29, 1.82) is 0 Å². The van der Waals surface area contributed by atoms with Crippen LogP contribution in [0.15, 0.2) is 72.8 Å². The minimum absolute atomic E-state index is 0.146. The van der Waals surface area contributed by atoms with E-state index in [0.29, 0.717) is 32.0 Å². The summed E-state index contributed by atoms with van der Waals surface area (Å²) < 4.78 is 6.53. The number of esters is 1. The Labute approximate surface area is 223 Å². The van der Waals surface area contributed by atoms with Gasteiger partial charge in [-0.2, -0.15) is 5.10 Å². The highest BCUT2D eigenvalue weighted by molar-refractivity contribution is 6.35. The molecule has 0 radical (unpaired) electrons. The molecular formula is C27H22Cl3N3O3. The molecule has 0 aliphatic heterocycles. The lowest BCUT2D eigenvalue weighted by atomic mass is 10.0. The normalized spacial score (nSPS) is 11.7. The van der Waals surface area contributed by atoms with Crippen molar-refractivity contribution in [2.24, 2.45) is 0 Å². The lowest BCUT2D eigenvalue weighted by molar-refractivity contribution is -0.142. The SMILES string of the molecule is COC(=O)[C@H](Cc1ccccc1)NC(=O)c1nn(-c2ccc(Cl)cc2Cl)c(-c2ccc(Cl)cc2)c1C. The quantitative estimate of drug-likeness (QED) is 0.277. The molecule has 1 N–H and O–H groups in total.